The van der Waals surface area contributed by atoms with Crippen LogP contribution in [0.2, 0.25) is 0 Å². The van der Waals surface area contributed by atoms with Gasteiger partial charge in [0.2, 0.25) is 0 Å². The van der Waals surface area contributed by atoms with E-state index in [9.17, 15) is 13.7 Å². The topological polar surface area (TPSA) is 57.9 Å². The molecule has 3 nitrogen and oxygen atoms in total. The fourth-order valence-corrected chi connectivity index (χ4v) is 5.91. The number of hydrogen-bond acceptors (Lipinski definition) is 3. The van der Waals surface area contributed by atoms with Crippen LogP contribution in [0.25, 0.3) is 0 Å². The molecule has 0 spiro atoms. The molecular formula is C13H14BrNO2S. The first-order valence-corrected chi connectivity index (χ1v) is 7.92. The molecular weight excluding hydrogens is 314 g/mol. The Kier molecular flexibility index (Phi) is 3.07. The molecule has 0 aromatic heterocycles. The lowest BCUT2D eigenvalue weighted by Gasteiger charge is -2.47. The molecule has 0 amide bonds. The summed E-state index contributed by atoms with van der Waals surface area (Å²) in [6, 6.07) is 8.69. The van der Waals surface area contributed by atoms with Crippen LogP contribution in [-0.2, 0) is 9.84 Å². The van der Waals surface area contributed by atoms with Gasteiger partial charge in [-0.3, -0.25) is 0 Å². The first kappa shape index (κ1) is 13.6. The molecule has 0 aliphatic heterocycles. The van der Waals surface area contributed by atoms with Crippen molar-refractivity contribution < 1.29 is 8.42 Å². The Bertz CT molecular complexity index is 621. The maximum Gasteiger partial charge on any atom is 0.198 e. The van der Waals surface area contributed by atoms with Crippen molar-refractivity contribution in [2.75, 3.05) is 0 Å². The maximum atomic E-state index is 12.6. The van der Waals surface area contributed by atoms with Gasteiger partial charge in [-0.15, -0.1) is 0 Å². The molecule has 0 atom stereocenters. The van der Waals surface area contributed by atoms with Crippen LogP contribution in [0, 0.1) is 16.7 Å². The minimum absolute atomic E-state index is 0.0793. The summed E-state index contributed by atoms with van der Waals surface area (Å²) < 4.78 is 24.5. The van der Waals surface area contributed by atoms with Crippen LogP contribution in [0.4, 0.5) is 0 Å². The van der Waals surface area contributed by atoms with Crippen molar-refractivity contribution in [2.45, 2.75) is 36.3 Å². The number of benzene rings is 1. The van der Waals surface area contributed by atoms with Gasteiger partial charge in [0.25, 0.3) is 0 Å². The Balaban J connectivity index is 2.52. The van der Waals surface area contributed by atoms with Gasteiger partial charge in [0, 0.05) is 4.47 Å². The van der Waals surface area contributed by atoms with Crippen LogP contribution < -0.4 is 0 Å². The standard InChI is InChI=1S/C13H14BrNO2S/c1-12(2)7-13(8-12,9-15)18(16,17)11-6-4-3-5-10(11)14/h3-6H,7-8H2,1-2H3. The highest BCUT2D eigenvalue weighted by atomic mass is 79.9. The van der Waals surface area contributed by atoms with Gasteiger partial charge in [-0.05, 0) is 46.3 Å². The van der Waals surface area contributed by atoms with Gasteiger partial charge < -0.3 is 0 Å². The molecule has 5 heteroatoms. The van der Waals surface area contributed by atoms with E-state index in [2.05, 4.69) is 15.9 Å². The summed E-state index contributed by atoms with van der Waals surface area (Å²) in [6.45, 7) is 3.97. The molecule has 0 bridgehead atoms. The second-order valence-electron chi connectivity index (χ2n) is 5.56. The molecule has 0 saturated heterocycles. The number of sulfone groups is 1. The summed E-state index contributed by atoms with van der Waals surface area (Å²) in [7, 11) is -3.62. The largest absolute Gasteiger partial charge is 0.222 e. The van der Waals surface area contributed by atoms with E-state index in [1.165, 1.54) is 0 Å². The van der Waals surface area contributed by atoms with E-state index < -0.39 is 14.6 Å². The second kappa shape index (κ2) is 4.07. The summed E-state index contributed by atoms with van der Waals surface area (Å²) in [5, 5.41) is 9.31. The zero-order chi connectivity index (χ0) is 13.6. The minimum Gasteiger partial charge on any atom is -0.222 e. The average Bonchev–Trinajstić information content (AvgIpc) is 2.25. The van der Waals surface area contributed by atoms with Gasteiger partial charge >= 0.3 is 0 Å². The van der Waals surface area contributed by atoms with Gasteiger partial charge in [-0.1, -0.05) is 26.0 Å². The lowest BCUT2D eigenvalue weighted by Crippen LogP contribution is -2.53. The number of nitrogens with zero attached hydrogens (tertiary/aromatic N) is 1. The van der Waals surface area contributed by atoms with Gasteiger partial charge in [0.1, 0.15) is 0 Å². The summed E-state index contributed by atoms with van der Waals surface area (Å²) in [5.41, 5.74) is -0.0793. The third-order valence-electron chi connectivity index (χ3n) is 3.37. The molecule has 1 aliphatic carbocycles. The van der Waals surface area contributed by atoms with E-state index in [0.717, 1.165) is 0 Å². The molecule has 0 N–H and O–H groups in total. The summed E-state index contributed by atoms with van der Waals surface area (Å²) in [5.74, 6) is 0. The fraction of sp³-hybridized carbons (Fsp3) is 0.462. The summed E-state index contributed by atoms with van der Waals surface area (Å²) in [6.07, 6.45) is 0.778. The van der Waals surface area contributed by atoms with Crippen molar-refractivity contribution in [3.8, 4) is 6.07 Å². The maximum absolute atomic E-state index is 12.6. The smallest absolute Gasteiger partial charge is 0.198 e. The lowest BCUT2D eigenvalue weighted by molar-refractivity contribution is 0.154. The molecule has 96 valence electrons. The molecule has 0 heterocycles. The third kappa shape index (κ3) is 1.88. The molecule has 1 saturated carbocycles. The van der Waals surface area contributed by atoms with Gasteiger partial charge in [0.15, 0.2) is 14.6 Å². The van der Waals surface area contributed by atoms with E-state index in [1.807, 2.05) is 19.9 Å². The van der Waals surface area contributed by atoms with E-state index >= 15 is 0 Å². The van der Waals surface area contributed by atoms with Crippen LogP contribution in [0.15, 0.2) is 33.6 Å². The molecule has 2 rings (SSSR count). The number of halogens is 1. The van der Waals surface area contributed by atoms with Crippen LogP contribution in [0.5, 0.6) is 0 Å². The van der Waals surface area contributed by atoms with Crippen molar-refractivity contribution in [3.63, 3.8) is 0 Å². The normalized spacial score (nSPS) is 20.8. The SMILES string of the molecule is CC1(C)CC(C#N)(S(=O)(=O)c2ccccc2Br)C1. The monoisotopic (exact) mass is 327 g/mol. The van der Waals surface area contributed by atoms with Crippen LogP contribution >= 0.6 is 15.9 Å². The first-order chi connectivity index (χ1) is 8.24. The van der Waals surface area contributed by atoms with Gasteiger partial charge in [-0.2, -0.15) is 5.26 Å². The number of rotatable bonds is 2. The number of nitriles is 1. The third-order valence-corrected chi connectivity index (χ3v) is 6.67. The fourth-order valence-electron chi connectivity index (χ4n) is 2.70. The summed E-state index contributed by atoms with van der Waals surface area (Å²) >= 11 is 3.25. The zero-order valence-electron chi connectivity index (χ0n) is 10.3. The predicted molar refractivity (Wildman–Crippen MR) is 72.7 cm³/mol. The first-order valence-electron chi connectivity index (χ1n) is 5.65. The molecule has 1 fully saturated rings. The van der Waals surface area contributed by atoms with E-state index in [0.29, 0.717) is 17.3 Å². The Morgan fingerprint density at radius 1 is 1.28 bits per heavy atom. The number of hydrogen-bond donors (Lipinski definition) is 0. The zero-order valence-corrected chi connectivity index (χ0v) is 12.7. The predicted octanol–water partition coefficient (Wildman–Crippen LogP) is 3.31. The molecule has 1 aromatic carbocycles. The molecule has 0 unspecified atom stereocenters. The second-order valence-corrected chi connectivity index (χ2v) is 8.64. The minimum atomic E-state index is -3.62. The van der Waals surface area contributed by atoms with E-state index in [-0.39, 0.29) is 10.3 Å². The molecule has 0 radical (unpaired) electrons. The molecule has 1 aliphatic rings. The van der Waals surface area contributed by atoms with Gasteiger partial charge in [0.05, 0.1) is 11.0 Å². The van der Waals surface area contributed by atoms with Crippen molar-refractivity contribution in [2.24, 2.45) is 5.41 Å². The molecule has 18 heavy (non-hydrogen) atoms. The van der Waals surface area contributed by atoms with Crippen LogP contribution in [0.3, 0.4) is 0 Å². The molecule has 1 aromatic rings. The highest BCUT2D eigenvalue weighted by Gasteiger charge is 2.59. The van der Waals surface area contributed by atoms with E-state index in [1.54, 1.807) is 24.3 Å². The van der Waals surface area contributed by atoms with E-state index in [4.69, 9.17) is 0 Å². The van der Waals surface area contributed by atoms with Crippen molar-refractivity contribution in [1.82, 2.24) is 0 Å². The van der Waals surface area contributed by atoms with Crippen molar-refractivity contribution >= 4 is 25.8 Å². The average molecular weight is 328 g/mol. The Morgan fingerprint density at radius 2 is 1.83 bits per heavy atom. The van der Waals surface area contributed by atoms with Crippen LogP contribution in [-0.4, -0.2) is 13.2 Å². The van der Waals surface area contributed by atoms with Crippen molar-refractivity contribution in [3.05, 3.63) is 28.7 Å². The van der Waals surface area contributed by atoms with Crippen molar-refractivity contribution in [1.29, 1.82) is 5.26 Å². The Hall–Kier alpha value is -0.860. The summed E-state index contributed by atoms with van der Waals surface area (Å²) in [4.78, 5) is 0.210. The highest BCUT2D eigenvalue weighted by Crippen LogP contribution is 2.54. The highest BCUT2D eigenvalue weighted by molar-refractivity contribution is 9.10. The quantitative estimate of drug-likeness (QED) is 0.837. The lowest BCUT2D eigenvalue weighted by atomic mass is 9.64. The van der Waals surface area contributed by atoms with Gasteiger partial charge in [-0.25, -0.2) is 8.42 Å². The Labute approximate surface area is 116 Å². The van der Waals surface area contributed by atoms with Crippen LogP contribution in [0.1, 0.15) is 26.7 Å². The Morgan fingerprint density at radius 3 is 2.28 bits per heavy atom.